The highest BCUT2D eigenvalue weighted by Crippen LogP contribution is 2.06. The van der Waals surface area contributed by atoms with Crippen LogP contribution in [0.25, 0.3) is 0 Å². The van der Waals surface area contributed by atoms with Crippen molar-refractivity contribution in [2.75, 3.05) is 6.54 Å². The second-order valence-corrected chi connectivity index (χ2v) is 5.38. The molecule has 25 heavy (non-hydrogen) atoms. The van der Waals surface area contributed by atoms with Crippen molar-refractivity contribution < 1.29 is 14.7 Å². The summed E-state index contributed by atoms with van der Waals surface area (Å²) in [7, 11) is 0. The number of terminal acetylenes is 1. The molecule has 0 atom stereocenters. The molecule has 0 radical (unpaired) electrons. The van der Waals surface area contributed by atoms with E-state index in [2.05, 4.69) is 16.3 Å². The van der Waals surface area contributed by atoms with Crippen molar-refractivity contribution >= 4 is 12.0 Å². The maximum atomic E-state index is 12.3. The first-order valence-corrected chi connectivity index (χ1v) is 7.84. The van der Waals surface area contributed by atoms with Gasteiger partial charge in [0.25, 0.3) is 0 Å². The maximum Gasteiger partial charge on any atom is 0.335 e. The van der Waals surface area contributed by atoms with Gasteiger partial charge in [-0.1, -0.05) is 18.1 Å². The third kappa shape index (κ3) is 5.11. The molecule has 0 saturated carbocycles. The van der Waals surface area contributed by atoms with Gasteiger partial charge in [0, 0.05) is 19.3 Å². The minimum Gasteiger partial charge on any atom is -0.478 e. The molecule has 7 nitrogen and oxygen atoms in total. The summed E-state index contributed by atoms with van der Waals surface area (Å²) in [6.07, 6.45) is 7.03. The van der Waals surface area contributed by atoms with Gasteiger partial charge in [0.1, 0.15) is 6.54 Å². The predicted molar refractivity (Wildman–Crippen MR) is 92.8 cm³/mol. The van der Waals surface area contributed by atoms with E-state index in [1.54, 1.807) is 27.9 Å². The number of carboxylic acids is 1. The fourth-order valence-corrected chi connectivity index (χ4v) is 2.25. The molecule has 0 unspecified atom stereocenters. The molecule has 7 heteroatoms. The summed E-state index contributed by atoms with van der Waals surface area (Å²) in [6, 6.07) is 8.01. The first kappa shape index (κ1) is 18.1. The molecule has 1 heterocycles. The Balaban J connectivity index is 1.90. The quantitative estimate of drug-likeness (QED) is 0.754. The fourth-order valence-electron chi connectivity index (χ4n) is 2.25. The first-order valence-electron chi connectivity index (χ1n) is 7.84. The number of urea groups is 1. The molecule has 0 fully saturated rings. The maximum absolute atomic E-state index is 12.3. The molecule has 0 bridgehead atoms. The van der Waals surface area contributed by atoms with Crippen LogP contribution in [0.4, 0.5) is 4.79 Å². The lowest BCUT2D eigenvalue weighted by molar-refractivity contribution is 0.0697. The van der Waals surface area contributed by atoms with Gasteiger partial charge in [-0.25, -0.2) is 9.59 Å². The number of amides is 2. The highest BCUT2D eigenvalue weighted by Gasteiger charge is 2.13. The molecular formula is C18H20N4O3. The van der Waals surface area contributed by atoms with Gasteiger partial charge < -0.3 is 15.3 Å². The largest absolute Gasteiger partial charge is 0.478 e. The normalized spacial score (nSPS) is 10.1. The van der Waals surface area contributed by atoms with Crippen LogP contribution in [0.3, 0.4) is 0 Å². The lowest BCUT2D eigenvalue weighted by atomic mass is 10.1. The third-order valence-electron chi connectivity index (χ3n) is 3.62. The smallest absolute Gasteiger partial charge is 0.335 e. The standard InChI is InChI=1S/C18H20N4O3/c1-3-10-22-11-9-16(20-22)13-21(4-2)18(25)19-12-14-5-7-15(8-6-14)17(23)24/h1,5-9,11H,4,10,12-13H2,2H3,(H,19,25)(H,23,24). The van der Waals surface area contributed by atoms with E-state index in [0.29, 0.717) is 26.2 Å². The number of aromatic carboxylic acids is 1. The zero-order chi connectivity index (χ0) is 18.2. The minimum atomic E-state index is -0.975. The van der Waals surface area contributed by atoms with Crippen molar-refractivity contribution in [2.45, 2.75) is 26.6 Å². The van der Waals surface area contributed by atoms with E-state index in [1.165, 1.54) is 12.1 Å². The summed E-state index contributed by atoms with van der Waals surface area (Å²) in [5.74, 6) is 1.53. The third-order valence-corrected chi connectivity index (χ3v) is 3.62. The zero-order valence-corrected chi connectivity index (χ0v) is 14.0. The van der Waals surface area contributed by atoms with Crippen LogP contribution in [0.1, 0.15) is 28.5 Å². The second kappa shape index (κ2) is 8.55. The highest BCUT2D eigenvalue weighted by molar-refractivity contribution is 5.87. The summed E-state index contributed by atoms with van der Waals surface area (Å²) in [4.78, 5) is 24.8. The molecule has 2 amide bonds. The minimum absolute atomic E-state index is 0.212. The van der Waals surface area contributed by atoms with Crippen LogP contribution in [0.2, 0.25) is 0 Å². The van der Waals surface area contributed by atoms with Crippen LogP contribution >= 0.6 is 0 Å². The SMILES string of the molecule is C#CCn1ccc(CN(CC)C(=O)NCc2ccc(C(=O)O)cc2)n1. The molecule has 2 aromatic rings. The number of nitrogens with zero attached hydrogens (tertiary/aromatic N) is 3. The van der Waals surface area contributed by atoms with Gasteiger partial charge >= 0.3 is 12.0 Å². The number of hydrogen-bond acceptors (Lipinski definition) is 3. The Morgan fingerprint density at radius 3 is 2.64 bits per heavy atom. The van der Waals surface area contributed by atoms with E-state index < -0.39 is 5.97 Å². The highest BCUT2D eigenvalue weighted by atomic mass is 16.4. The molecule has 0 spiro atoms. The number of aromatic nitrogens is 2. The van der Waals surface area contributed by atoms with Crippen molar-refractivity contribution in [1.29, 1.82) is 0 Å². The monoisotopic (exact) mass is 340 g/mol. The van der Waals surface area contributed by atoms with Crippen molar-refractivity contribution in [1.82, 2.24) is 20.0 Å². The molecule has 2 rings (SSSR count). The molecule has 0 aliphatic heterocycles. The van der Waals surface area contributed by atoms with E-state index in [0.717, 1.165) is 11.3 Å². The Morgan fingerprint density at radius 2 is 2.04 bits per heavy atom. The molecule has 2 N–H and O–H groups in total. The van der Waals surface area contributed by atoms with E-state index in [1.807, 2.05) is 13.0 Å². The van der Waals surface area contributed by atoms with Gasteiger partial charge in [-0.15, -0.1) is 6.42 Å². The lowest BCUT2D eigenvalue weighted by Gasteiger charge is -2.20. The van der Waals surface area contributed by atoms with Gasteiger partial charge in [-0.3, -0.25) is 4.68 Å². The van der Waals surface area contributed by atoms with E-state index in [9.17, 15) is 9.59 Å². The summed E-state index contributed by atoms with van der Waals surface area (Å²) < 4.78 is 1.64. The number of carbonyl (C=O) groups is 2. The average molecular weight is 340 g/mol. The average Bonchev–Trinajstić information content (AvgIpc) is 3.05. The number of hydrogen-bond donors (Lipinski definition) is 2. The van der Waals surface area contributed by atoms with Gasteiger partial charge in [0.05, 0.1) is 17.8 Å². The van der Waals surface area contributed by atoms with Crippen LogP contribution in [-0.2, 0) is 19.6 Å². The number of carboxylic acid groups (broad SMARTS) is 1. The van der Waals surface area contributed by atoms with Crippen molar-refractivity contribution in [3.63, 3.8) is 0 Å². The number of benzene rings is 1. The number of carbonyl (C=O) groups excluding carboxylic acids is 1. The molecule has 0 aliphatic rings. The van der Waals surface area contributed by atoms with Crippen LogP contribution in [0.15, 0.2) is 36.5 Å². The van der Waals surface area contributed by atoms with Gasteiger partial charge in [0.2, 0.25) is 0 Å². The van der Waals surface area contributed by atoms with Crippen LogP contribution in [-0.4, -0.2) is 38.3 Å². The predicted octanol–water partition coefficient (Wildman–Crippen LogP) is 1.95. The van der Waals surface area contributed by atoms with Crippen LogP contribution < -0.4 is 5.32 Å². The van der Waals surface area contributed by atoms with E-state index in [4.69, 9.17) is 11.5 Å². The van der Waals surface area contributed by atoms with E-state index >= 15 is 0 Å². The molecule has 0 aliphatic carbocycles. The molecule has 1 aromatic heterocycles. The lowest BCUT2D eigenvalue weighted by Crippen LogP contribution is -2.39. The fraction of sp³-hybridized carbons (Fsp3) is 0.278. The molecule has 1 aromatic carbocycles. The van der Waals surface area contributed by atoms with Crippen LogP contribution in [0.5, 0.6) is 0 Å². The summed E-state index contributed by atoms with van der Waals surface area (Å²) in [6.45, 7) is 3.52. The Hall–Kier alpha value is -3.27. The van der Waals surface area contributed by atoms with Crippen molar-refractivity contribution in [3.05, 3.63) is 53.3 Å². The Bertz CT molecular complexity index is 774. The molecule has 0 saturated heterocycles. The molecular weight excluding hydrogens is 320 g/mol. The van der Waals surface area contributed by atoms with Crippen LogP contribution in [0, 0.1) is 12.3 Å². The zero-order valence-electron chi connectivity index (χ0n) is 14.0. The molecule has 130 valence electrons. The van der Waals surface area contributed by atoms with Gasteiger partial charge in [-0.05, 0) is 30.7 Å². The Kier molecular flexibility index (Phi) is 6.18. The number of nitrogens with one attached hydrogen (secondary N) is 1. The first-order chi connectivity index (χ1) is 12.0. The Labute approximate surface area is 146 Å². The van der Waals surface area contributed by atoms with E-state index in [-0.39, 0.29) is 11.6 Å². The Morgan fingerprint density at radius 1 is 1.32 bits per heavy atom. The summed E-state index contributed by atoms with van der Waals surface area (Å²) >= 11 is 0. The second-order valence-electron chi connectivity index (χ2n) is 5.38. The number of rotatable bonds is 7. The van der Waals surface area contributed by atoms with Crippen molar-refractivity contribution in [3.8, 4) is 12.3 Å². The topological polar surface area (TPSA) is 87.5 Å². The van der Waals surface area contributed by atoms with Gasteiger partial charge in [0.15, 0.2) is 0 Å². The summed E-state index contributed by atoms with van der Waals surface area (Å²) in [5.41, 5.74) is 1.80. The van der Waals surface area contributed by atoms with Gasteiger partial charge in [-0.2, -0.15) is 5.10 Å². The van der Waals surface area contributed by atoms with Crippen molar-refractivity contribution in [2.24, 2.45) is 0 Å². The summed E-state index contributed by atoms with van der Waals surface area (Å²) in [5, 5.41) is 16.0.